The van der Waals surface area contributed by atoms with E-state index in [1.807, 2.05) is 36.4 Å². The fourth-order valence-corrected chi connectivity index (χ4v) is 3.24. The Bertz CT molecular complexity index is 958. The number of ether oxygens (including phenoxy) is 3. The highest BCUT2D eigenvalue weighted by molar-refractivity contribution is 5.79. The summed E-state index contributed by atoms with van der Waals surface area (Å²) in [7, 11) is 1.61. The molecule has 0 aliphatic carbocycles. The number of para-hydroxylation sites is 1. The standard InChI is InChI=1S/C22H22N2O4/c1-26-17-7-9-18(10-8-17)27-15-22(25)24-13-12-19(14-24)28-21-11-6-16-4-2-3-5-20(16)23-21/h2-11,19H,12-15H2,1H3. The summed E-state index contributed by atoms with van der Waals surface area (Å²) in [6, 6.07) is 19.0. The van der Waals surface area contributed by atoms with Crippen molar-refractivity contribution in [2.45, 2.75) is 12.5 Å². The van der Waals surface area contributed by atoms with Crippen molar-refractivity contribution in [2.75, 3.05) is 26.8 Å². The molecule has 28 heavy (non-hydrogen) atoms. The number of pyridine rings is 1. The van der Waals surface area contributed by atoms with Crippen LogP contribution in [0.15, 0.2) is 60.7 Å². The van der Waals surface area contributed by atoms with E-state index in [0.717, 1.165) is 23.1 Å². The molecule has 6 nitrogen and oxygen atoms in total. The maximum atomic E-state index is 12.4. The molecule has 1 aliphatic heterocycles. The molecule has 1 atom stereocenters. The van der Waals surface area contributed by atoms with Gasteiger partial charge in [-0.3, -0.25) is 4.79 Å². The van der Waals surface area contributed by atoms with Crippen LogP contribution in [-0.2, 0) is 4.79 Å². The number of nitrogens with zero attached hydrogens (tertiary/aromatic N) is 2. The third-order valence-corrected chi connectivity index (χ3v) is 4.78. The smallest absolute Gasteiger partial charge is 0.260 e. The van der Waals surface area contributed by atoms with Crippen molar-refractivity contribution in [2.24, 2.45) is 0 Å². The molecule has 2 heterocycles. The van der Waals surface area contributed by atoms with Crippen LogP contribution in [0.5, 0.6) is 17.4 Å². The summed E-state index contributed by atoms with van der Waals surface area (Å²) in [5, 5.41) is 1.08. The number of methoxy groups -OCH3 is 1. The van der Waals surface area contributed by atoms with Gasteiger partial charge in [0.25, 0.3) is 5.91 Å². The first-order valence-corrected chi connectivity index (χ1v) is 9.28. The molecule has 2 aromatic carbocycles. The van der Waals surface area contributed by atoms with E-state index in [9.17, 15) is 4.79 Å². The molecule has 1 unspecified atom stereocenters. The van der Waals surface area contributed by atoms with Gasteiger partial charge in [-0.1, -0.05) is 18.2 Å². The summed E-state index contributed by atoms with van der Waals surface area (Å²) in [6.07, 6.45) is 0.724. The van der Waals surface area contributed by atoms with E-state index in [1.54, 1.807) is 36.3 Å². The Morgan fingerprint density at radius 1 is 1.07 bits per heavy atom. The molecule has 1 saturated heterocycles. The van der Waals surface area contributed by atoms with Crippen LogP contribution in [0.25, 0.3) is 10.9 Å². The van der Waals surface area contributed by atoms with E-state index >= 15 is 0 Å². The molecular formula is C22H22N2O4. The van der Waals surface area contributed by atoms with Crippen molar-refractivity contribution in [3.05, 3.63) is 60.7 Å². The maximum absolute atomic E-state index is 12.4. The summed E-state index contributed by atoms with van der Waals surface area (Å²) in [6.45, 7) is 1.20. The van der Waals surface area contributed by atoms with Crippen LogP contribution in [0.1, 0.15) is 6.42 Å². The predicted octanol–water partition coefficient (Wildman–Crippen LogP) is 3.30. The molecule has 3 aromatic rings. The van der Waals surface area contributed by atoms with Crippen LogP contribution in [0, 0.1) is 0 Å². The first-order valence-electron chi connectivity index (χ1n) is 9.28. The lowest BCUT2D eigenvalue weighted by atomic mass is 10.2. The van der Waals surface area contributed by atoms with Crippen LogP contribution in [0.4, 0.5) is 0 Å². The minimum Gasteiger partial charge on any atom is -0.497 e. The SMILES string of the molecule is COc1ccc(OCC(=O)N2CCC(Oc3ccc4ccccc4n3)C2)cc1. The first-order chi connectivity index (χ1) is 13.7. The minimum absolute atomic E-state index is 0.00722. The highest BCUT2D eigenvalue weighted by Gasteiger charge is 2.28. The molecule has 0 bridgehead atoms. The van der Waals surface area contributed by atoms with Crippen molar-refractivity contribution in [3.8, 4) is 17.4 Å². The molecule has 1 aromatic heterocycles. The first kappa shape index (κ1) is 18.1. The van der Waals surface area contributed by atoms with Crippen LogP contribution in [0.2, 0.25) is 0 Å². The molecule has 4 rings (SSSR count). The van der Waals surface area contributed by atoms with Crippen LogP contribution in [-0.4, -0.2) is 48.7 Å². The summed E-state index contributed by atoms with van der Waals surface area (Å²) in [5.74, 6) is 1.93. The summed E-state index contributed by atoms with van der Waals surface area (Å²) >= 11 is 0. The molecule has 0 N–H and O–H groups in total. The van der Waals surface area contributed by atoms with Gasteiger partial charge < -0.3 is 19.1 Å². The average Bonchev–Trinajstić information content (AvgIpc) is 3.21. The number of hydrogen-bond acceptors (Lipinski definition) is 5. The molecule has 0 radical (unpaired) electrons. The monoisotopic (exact) mass is 378 g/mol. The number of amides is 1. The molecule has 1 fully saturated rings. The maximum Gasteiger partial charge on any atom is 0.260 e. The van der Waals surface area contributed by atoms with E-state index in [0.29, 0.717) is 24.7 Å². The second-order valence-electron chi connectivity index (χ2n) is 6.67. The molecule has 0 saturated carbocycles. The van der Waals surface area contributed by atoms with E-state index in [-0.39, 0.29) is 18.6 Å². The lowest BCUT2D eigenvalue weighted by Gasteiger charge is -2.17. The van der Waals surface area contributed by atoms with Gasteiger partial charge in [0, 0.05) is 24.4 Å². The Morgan fingerprint density at radius 3 is 2.68 bits per heavy atom. The van der Waals surface area contributed by atoms with Crippen LogP contribution >= 0.6 is 0 Å². The van der Waals surface area contributed by atoms with Crippen molar-refractivity contribution < 1.29 is 19.0 Å². The number of rotatable bonds is 6. The Kier molecular flexibility index (Phi) is 5.28. The van der Waals surface area contributed by atoms with Gasteiger partial charge >= 0.3 is 0 Å². The predicted molar refractivity (Wildman–Crippen MR) is 106 cm³/mol. The molecule has 1 aliphatic rings. The number of hydrogen-bond donors (Lipinski definition) is 0. The average molecular weight is 378 g/mol. The van der Waals surface area contributed by atoms with Gasteiger partial charge in [0.05, 0.1) is 19.2 Å². The van der Waals surface area contributed by atoms with Gasteiger partial charge in [-0.05, 0) is 36.4 Å². The topological polar surface area (TPSA) is 60.9 Å². The van der Waals surface area contributed by atoms with Gasteiger partial charge in [-0.15, -0.1) is 0 Å². The zero-order valence-electron chi connectivity index (χ0n) is 15.7. The number of fused-ring (bicyclic) bond motifs is 1. The Balaban J connectivity index is 1.29. The van der Waals surface area contributed by atoms with Crippen LogP contribution in [0.3, 0.4) is 0 Å². The van der Waals surface area contributed by atoms with E-state index < -0.39 is 0 Å². The van der Waals surface area contributed by atoms with Crippen molar-refractivity contribution >= 4 is 16.8 Å². The molecule has 0 spiro atoms. The van der Waals surface area contributed by atoms with Gasteiger partial charge in [0.1, 0.15) is 17.6 Å². The molecule has 6 heteroatoms. The lowest BCUT2D eigenvalue weighted by molar-refractivity contribution is -0.132. The van der Waals surface area contributed by atoms with Crippen molar-refractivity contribution in [1.82, 2.24) is 9.88 Å². The summed E-state index contributed by atoms with van der Waals surface area (Å²) < 4.78 is 16.7. The zero-order valence-corrected chi connectivity index (χ0v) is 15.7. The van der Waals surface area contributed by atoms with Gasteiger partial charge in [0.2, 0.25) is 5.88 Å². The minimum atomic E-state index is -0.0569. The Labute approximate surface area is 163 Å². The van der Waals surface area contributed by atoms with Crippen molar-refractivity contribution in [1.29, 1.82) is 0 Å². The molecule has 144 valence electrons. The summed E-state index contributed by atoms with van der Waals surface area (Å²) in [4.78, 5) is 18.7. The fourth-order valence-electron chi connectivity index (χ4n) is 3.24. The van der Waals surface area contributed by atoms with Gasteiger partial charge in [-0.25, -0.2) is 4.98 Å². The number of carbonyl (C=O) groups is 1. The van der Waals surface area contributed by atoms with Gasteiger partial charge in [-0.2, -0.15) is 0 Å². The number of aromatic nitrogens is 1. The highest BCUT2D eigenvalue weighted by atomic mass is 16.5. The zero-order chi connectivity index (χ0) is 19.3. The van der Waals surface area contributed by atoms with Crippen LogP contribution < -0.4 is 14.2 Å². The lowest BCUT2D eigenvalue weighted by Crippen LogP contribution is -2.34. The molecular weight excluding hydrogens is 356 g/mol. The second-order valence-corrected chi connectivity index (χ2v) is 6.67. The van der Waals surface area contributed by atoms with E-state index in [2.05, 4.69) is 4.98 Å². The normalized spacial score (nSPS) is 16.2. The largest absolute Gasteiger partial charge is 0.497 e. The molecule has 1 amide bonds. The number of likely N-dealkylation sites (tertiary alicyclic amines) is 1. The fraction of sp³-hybridized carbons (Fsp3) is 0.273. The quantitative estimate of drug-likeness (QED) is 0.659. The third-order valence-electron chi connectivity index (χ3n) is 4.78. The van der Waals surface area contributed by atoms with Gasteiger partial charge in [0.15, 0.2) is 6.61 Å². The van der Waals surface area contributed by atoms with Crippen molar-refractivity contribution in [3.63, 3.8) is 0 Å². The highest BCUT2D eigenvalue weighted by Crippen LogP contribution is 2.21. The number of carbonyl (C=O) groups excluding carboxylic acids is 1. The van der Waals surface area contributed by atoms with E-state index in [1.165, 1.54) is 0 Å². The summed E-state index contributed by atoms with van der Waals surface area (Å²) in [5.41, 5.74) is 0.902. The number of benzene rings is 2. The van der Waals surface area contributed by atoms with E-state index in [4.69, 9.17) is 14.2 Å². The Hall–Kier alpha value is -3.28. The second kappa shape index (κ2) is 8.17. The Morgan fingerprint density at radius 2 is 1.86 bits per heavy atom. The third kappa shape index (κ3) is 4.17.